The van der Waals surface area contributed by atoms with Crippen LogP contribution < -0.4 is 11.0 Å². The van der Waals surface area contributed by atoms with Crippen molar-refractivity contribution < 1.29 is 0 Å². The van der Waals surface area contributed by atoms with Crippen LogP contribution in [0.2, 0.25) is 0 Å². The van der Waals surface area contributed by atoms with Gasteiger partial charge in [-0.3, -0.25) is 14.7 Å². The number of nitrogens with one attached hydrogen (secondary N) is 2. The van der Waals surface area contributed by atoms with Gasteiger partial charge in [-0.15, -0.1) is 0 Å². The zero-order valence-electron chi connectivity index (χ0n) is 15.5. The third-order valence-electron chi connectivity index (χ3n) is 5.23. The Hall–Kier alpha value is -3.97. The Bertz CT molecular complexity index is 1670. The Balaban J connectivity index is 1.60. The molecule has 0 saturated carbocycles. The number of benzene rings is 3. The summed E-state index contributed by atoms with van der Waals surface area (Å²) in [5, 5.41) is 5.74. The van der Waals surface area contributed by atoms with Gasteiger partial charge in [0.05, 0.1) is 15.9 Å². The number of para-hydroxylation sites is 1. The van der Waals surface area contributed by atoms with Gasteiger partial charge in [0.15, 0.2) is 5.43 Å². The van der Waals surface area contributed by atoms with Crippen molar-refractivity contribution in [3.05, 3.63) is 93.4 Å². The zero-order valence-corrected chi connectivity index (χ0v) is 16.4. The van der Waals surface area contributed by atoms with Gasteiger partial charge in [0.25, 0.3) is 5.56 Å². The molecule has 0 aliphatic heterocycles. The maximum atomic E-state index is 13.0. The minimum atomic E-state index is -0.408. The topological polar surface area (TPSA) is 83.5 Å². The average Bonchev–Trinajstić information content (AvgIpc) is 3.34. The maximum Gasteiger partial charge on any atom is 0.286 e. The molecule has 3 aromatic carbocycles. The summed E-state index contributed by atoms with van der Waals surface area (Å²) in [5.74, 6) is 0. The van der Waals surface area contributed by atoms with Crippen molar-refractivity contribution in [3.63, 3.8) is 0 Å². The van der Waals surface area contributed by atoms with Gasteiger partial charge >= 0.3 is 0 Å². The number of thiazole rings is 1. The Kier molecular flexibility index (Phi) is 3.54. The summed E-state index contributed by atoms with van der Waals surface area (Å²) in [6.07, 6.45) is 0. The van der Waals surface area contributed by atoms with Crippen LogP contribution in [0.3, 0.4) is 0 Å². The van der Waals surface area contributed by atoms with E-state index in [2.05, 4.69) is 15.1 Å². The van der Waals surface area contributed by atoms with Crippen LogP contribution in [-0.2, 0) is 0 Å². The highest BCUT2D eigenvalue weighted by atomic mass is 32.1. The third kappa shape index (κ3) is 2.46. The van der Waals surface area contributed by atoms with Crippen molar-refractivity contribution in [2.75, 3.05) is 0 Å². The predicted octanol–water partition coefficient (Wildman–Crippen LogP) is 4.44. The zero-order chi connectivity index (χ0) is 20.2. The van der Waals surface area contributed by atoms with Crippen LogP contribution >= 0.6 is 11.3 Å². The molecule has 0 unspecified atom stereocenters. The lowest BCUT2D eigenvalue weighted by Gasteiger charge is -2.06. The molecule has 3 aromatic heterocycles. The van der Waals surface area contributed by atoms with E-state index in [4.69, 9.17) is 0 Å². The molecule has 0 radical (unpaired) electrons. The monoisotopic (exact) mass is 410 g/mol. The molecule has 0 fully saturated rings. The lowest BCUT2D eigenvalue weighted by Crippen LogP contribution is -2.18. The molecule has 0 amide bonds. The average molecular weight is 410 g/mol. The molecule has 0 aliphatic rings. The number of H-pyrrole nitrogens is 2. The molecule has 7 heteroatoms. The van der Waals surface area contributed by atoms with E-state index < -0.39 is 5.56 Å². The summed E-state index contributed by atoms with van der Waals surface area (Å²) in [5.41, 5.74) is 2.02. The van der Waals surface area contributed by atoms with Crippen LogP contribution in [0, 0.1) is 0 Å². The first-order valence-corrected chi connectivity index (χ1v) is 10.2. The molecule has 0 aliphatic carbocycles. The summed E-state index contributed by atoms with van der Waals surface area (Å²) in [4.78, 5) is 33.6. The van der Waals surface area contributed by atoms with Crippen molar-refractivity contribution >= 4 is 43.4 Å². The number of pyridine rings is 1. The van der Waals surface area contributed by atoms with Crippen molar-refractivity contribution in [1.82, 2.24) is 19.7 Å². The summed E-state index contributed by atoms with van der Waals surface area (Å²) in [6.45, 7) is 0. The molecule has 0 saturated heterocycles. The van der Waals surface area contributed by atoms with Crippen LogP contribution in [0.15, 0.2) is 82.4 Å². The Morgan fingerprint density at radius 3 is 2.60 bits per heavy atom. The van der Waals surface area contributed by atoms with Crippen molar-refractivity contribution in [3.8, 4) is 16.4 Å². The third-order valence-corrected chi connectivity index (χ3v) is 6.25. The van der Waals surface area contributed by atoms with E-state index in [9.17, 15) is 9.59 Å². The fourth-order valence-corrected chi connectivity index (χ4v) is 4.75. The van der Waals surface area contributed by atoms with Gasteiger partial charge in [-0.2, -0.15) is 4.68 Å². The van der Waals surface area contributed by atoms with Gasteiger partial charge in [0.1, 0.15) is 11.0 Å². The van der Waals surface area contributed by atoms with Gasteiger partial charge in [-0.25, -0.2) is 4.98 Å². The van der Waals surface area contributed by atoms with E-state index in [1.54, 1.807) is 0 Å². The second-order valence-corrected chi connectivity index (χ2v) is 8.05. The fraction of sp³-hybridized carbons (Fsp3) is 0. The summed E-state index contributed by atoms with van der Waals surface area (Å²) in [7, 11) is 0. The lowest BCUT2D eigenvalue weighted by atomic mass is 10.0. The molecule has 3 heterocycles. The molecular weight excluding hydrogens is 396 g/mol. The molecule has 0 spiro atoms. The maximum absolute atomic E-state index is 13.0. The van der Waals surface area contributed by atoms with Crippen LogP contribution in [-0.4, -0.2) is 19.7 Å². The van der Waals surface area contributed by atoms with Gasteiger partial charge in [-0.1, -0.05) is 65.9 Å². The van der Waals surface area contributed by atoms with E-state index >= 15 is 0 Å². The standard InChI is InChI=1S/C23H14N4O2S/c28-18-12-17(15-9-5-7-13-6-1-2-8-14(13)15)24-21-20(18)22(29)27(26-21)23-25-16-10-3-4-11-19(16)30-23/h1-12H,(H2,24,26,28). The number of hydrogen-bond acceptors (Lipinski definition) is 4. The van der Waals surface area contributed by atoms with Gasteiger partial charge in [0.2, 0.25) is 5.13 Å². The minimum absolute atomic E-state index is 0.0956. The molecule has 0 bridgehead atoms. The van der Waals surface area contributed by atoms with Gasteiger partial charge in [-0.05, 0) is 22.9 Å². The summed E-state index contributed by atoms with van der Waals surface area (Å²) < 4.78 is 2.31. The quantitative estimate of drug-likeness (QED) is 0.443. The highest BCUT2D eigenvalue weighted by Gasteiger charge is 2.17. The van der Waals surface area contributed by atoms with Crippen LogP contribution in [0.25, 0.3) is 48.4 Å². The van der Waals surface area contributed by atoms with Gasteiger partial charge < -0.3 is 4.98 Å². The molecule has 6 aromatic rings. The fourth-order valence-electron chi connectivity index (χ4n) is 3.83. The van der Waals surface area contributed by atoms with Crippen LogP contribution in [0.1, 0.15) is 0 Å². The first kappa shape index (κ1) is 16.9. The molecule has 0 atom stereocenters. The lowest BCUT2D eigenvalue weighted by molar-refractivity contribution is 0.851. The SMILES string of the molecule is O=c1cc(-c2cccc3ccccc23)[nH]c2[nH]n(-c3nc4ccccc4s3)c(=O)c12. The summed E-state index contributed by atoms with van der Waals surface area (Å²) >= 11 is 1.39. The molecule has 2 N–H and O–H groups in total. The highest BCUT2D eigenvalue weighted by molar-refractivity contribution is 7.20. The van der Waals surface area contributed by atoms with E-state index in [1.165, 1.54) is 22.1 Å². The van der Waals surface area contributed by atoms with E-state index in [0.717, 1.165) is 26.6 Å². The molecule has 6 rings (SSSR count). The second-order valence-electron chi connectivity index (χ2n) is 7.04. The molecular formula is C23H14N4O2S. The number of fused-ring (bicyclic) bond motifs is 3. The van der Waals surface area contributed by atoms with E-state index in [1.807, 2.05) is 66.7 Å². The second kappa shape index (κ2) is 6.27. The van der Waals surface area contributed by atoms with Gasteiger partial charge in [0, 0.05) is 11.6 Å². The highest BCUT2D eigenvalue weighted by Crippen LogP contribution is 2.28. The number of nitrogens with zero attached hydrogens (tertiary/aromatic N) is 2. The number of hydrogen-bond donors (Lipinski definition) is 2. The van der Waals surface area contributed by atoms with Crippen LogP contribution in [0.4, 0.5) is 0 Å². The minimum Gasteiger partial charge on any atom is -0.339 e. The van der Waals surface area contributed by atoms with E-state index in [-0.39, 0.29) is 10.8 Å². The van der Waals surface area contributed by atoms with Crippen molar-refractivity contribution in [2.24, 2.45) is 0 Å². The largest absolute Gasteiger partial charge is 0.339 e. The Morgan fingerprint density at radius 2 is 1.70 bits per heavy atom. The normalized spacial score (nSPS) is 11.6. The first-order valence-electron chi connectivity index (χ1n) is 9.41. The van der Waals surface area contributed by atoms with E-state index in [0.29, 0.717) is 16.5 Å². The smallest absolute Gasteiger partial charge is 0.286 e. The summed E-state index contributed by atoms with van der Waals surface area (Å²) in [6, 6.07) is 23.1. The Morgan fingerprint density at radius 1 is 0.900 bits per heavy atom. The molecule has 6 nitrogen and oxygen atoms in total. The number of rotatable bonds is 2. The number of aromatic amines is 2. The number of aromatic nitrogens is 4. The van der Waals surface area contributed by atoms with Crippen molar-refractivity contribution in [2.45, 2.75) is 0 Å². The molecule has 144 valence electrons. The van der Waals surface area contributed by atoms with Crippen LogP contribution in [0.5, 0.6) is 0 Å². The first-order chi connectivity index (χ1) is 14.7. The van der Waals surface area contributed by atoms with Crippen molar-refractivity contribution in [1.29, 1.82) is 0 Å². The Labute approximate surface area is 173 Å². The predicted molar refractivity (Wildman–Crippen MR) is 121 cm³/mol. The molecule has 30 heavy (non-hydrogen) atoms.